The lowest BCUT2D eigenvalue weighted by Crippen LogP contribution is -2.40. The molecule has 0 spiro atoms. The third-order valence-corrected chi connectivity index (χ3v) is 4.89. The summed E-state index contributed by atoms with van der Waals surface area (Å²) in [7, 11) is 1.84. The van der Waals surface area contributed by atoms with Crippen molar-refractivity contribution in [2.24, 2.45) is 24.3 Å². The number of nitrogens with zero attached hydrogens (tertiary/aromatic N) is 4. The Morgan fingerprint density at radius 2 is 2.33 bits per heavy atom. The van der Waals surface area contributed by atoms with E-state index < -0.39 is 0 Å². The zero-order chi connectivity index (χ0) is 12.6. The predicted octanol–water partition coefficient (Wildman–Crippen LogP) is 1.17. The SMILES string of the molecule is CCNCC1(Cc2nnn(C)n2)CC2CCC1C2. The van der Waals surface area contributed by atoms with Crippen LogP contribution >= 0.6 is 0 Å². The molecule has 0 aliphatic heterocycles. The second kappa shape index (κ2) is 4.61. The molecule has 0 aromatic carbocycles. The number of fused-ring (bicyclic) bond motifs is 2. The second-order valence-electron chi connectivity index (χ2n) is 6.09. The number of nitrogens with one attached hydrogen (secondary N) is 1. The van der Waals surface area contributed by atoms with Crippen molar-refractivity contribution < 1.29 is 0 Å². The Morgan fingerprint density at radius 1 is 1.44 bits per heavy atom. The van der Waals surface area contributed by atoms with Gasteiger partial charge >= 0.3 is 0 Å². The van der Waals surface area contributed by atoms with E-state index in [4.69, 9.17) is 0 Å². The fourth-order valence-corrected chi connectivity index (χ4v) is 4.14. The molecule has 3 rings (SSSR count). The van der Waals surface area contributed by atoms with Crippen LogP contribution in [0.3, 0.4) is 0 Å². The number of hydrogen-bond donors (Lipinski definition) is 1. The summed E-state index contributed by atoms with van der Waals surface area (Å²) in [5, 5.41) is 16.1. The van der Waals surface area contributed by atoms with Crippen molar-refractivity contribution in [2.75, 3.05) is 13.1 Å². The topological polar surface area (TPSA) is 55.6 Å². The molecular formula is C13H23N5. The maximum atomic E-state index is 4.38. The van der Waals surface area contributed by atoms with Crippen LogP contribution in [0, 0.1) is 17.3 Å². The lowest BCUT2D eigenvalue weighted by atomic mass is 9.70. The fourth-order valence-electron chi connectivity index (χ4n) is 4.14. The third kappa shape index (κ3) is 2.05. The van der Waals surface area contributed by atoms with Gasteiger partial charge in [-0.05, 0) is 48.3 Å². The Labute approximate surface area is 108 Å². The van der Waals surface area contributed by atoms with Gasteiger partial charge in [-0.3, -0.25) is 0 Å². The summed E-state index contributed by atoms with van der Waals surface area (Å²) in [6.45, 7) is 4.34. The second-order valence-corrected chi connectivity index (χ2v) is 6.09. The molecule has 3 atom stereocenters. The van der Waals surface area contributed by atoms with Crippen molar-refractivity contribution in [2.45, 2.75) is 39.0 Å². The van der Waals surface area contributed by atoms with Crippen LogP contribution in [0.4, 0.5) is 0 Å². The van der Waals surface area contributed by atoms with Gasteiger partial charge in [-0.2, -0.15) is 4.80 Å². The van der Waals surface area contributed by atoms with E-state index in [0.29, 0.717) is 5.41 Å². The molecule has 2 saturated carbocycles. The molecule has 0 saturated heterocycles. The fraction of sp³-hybridized carbons (Fsp3) is 0.923. The monoisotopic (exact) mass is 249 g/mol. The highest BCUT2D eigenvalue weighted by atomic mass is 15.6. The summed E-state index contributed by atoms with van der Waals surface area (Å²) in [6, 6.07) is 0. The Morgan fingerprint density at radius 3 is 2.89 bits per heavy atom. The van der Waals surface area contributed by atoms with Gasteiger partial charge < -0.3 is 5.32 Å². The molecule has 0 amide bonds. The first kappa shape index (κ1) is 12.1. The minimum atomic E-state index is 0.391. The van der Waals surface area contributed by atoms with E-state index in [1.165, 1.54) is 25.7 Å². The molecule has 2 bridgehead atoms. The Bertz CT molecular complexity index is 415. The average molecular weight is 249 g/mol. The number of tetrazole rings is 1. The van der Waals surface area contributed by atoms with Crippen LogP contribution in [-0.2, 0) is 13.5 Å². The molecule has 3 unspecified atom stereocenters. The van der Waals surface area contributed by atoms with Crippen molar-refractivity contribution >= 4 is 0 Å². The van der Waals surface area contributed by atoms with Gasteiger partial charge in [0.2, 0.25) is 0 Å². The molecule has 5 heteroatoms. The van der Waals surface area contributed by atoms with Crippen molar-refractivity contribution in [3.8, 4) is 0 Å². The van der Waals surface area contributed by atoms with Crippen LogP contribution < -0.4 is 5.32 Å². The molecule has 1 aromatic rings. The van der Waals surface area contributed by atoms with Crippen LogP contribution in [0.5, 0.6) is 0 Å². The first-order valence-electron chi connectivity index (χ1n) is 7.15. The zero-order valence-electron chi connectivity index (χ0n) is 11.4. The predicted molar refractivity (Wildman–Crippen MR) is 68.9 cm³/mol. The van der Waals surface area contributed by atoms with E-state index >= 15 is 0 Å². The van der Waals surface area contributed by atoms with Gasteiger partial charge in [-0.15, -0.1) is 10.2 Å². The molecule has 2 fully saturated rings. The van der Waals surface area contributed by atoms with Gasteiger partial charge in [0.25, 0.3) is 0 Å². The van der Waals surface area contributed by atoms with E-state index in [1.54, 1.807) is 4.80 Å². The maximum absolute atomic E-state index is 4.38. The van der Waals surface area contributed by atoms with E-state index in [0.717, 1.165) is 37.2 Å². The summed E-state index contributed by atoms with van der Waals surface area (Å²) >= 11 is 0. The standard InChI is InChI=1S/C13H23N5/c1-3-14-9-13(7-10-4-5-11(13)6-10)8-12-15-17-18(2)16-12/h10-11,14H,3-9H2,1-2H3. The first-order valence-corrected chi connectivity index (χ1v) is 7.15. The Hall–Kier alpha value is -0.970. The molecule has 18 heavy (non-hydrogen) atoms. The summed E-state index contributed by atoms with van der Waals surface area (Å²) in [5.74, 6) is 2.73. The van der Waals surface area contributed by atoms with E-state index in [9.17, 15) is 0 Å². The molecule has 0 radical (unpaired) electrons. The van der Waals surface area contributed by atoms with Crippen LogP contribution in [0.15, 0.2) is 0 Å². The van der Waals surface area contributed by atoms with Gasteiger partial charge in [0.15, 0.2) is 5.82 Å². The Kier molecular flexibility index (Phi) is 3.09. The highest BCUT2D eigenvalue weighted by Gasteiger charge is 2.50. The number of aromatic nitrogens is 4. The quantitative estimate of drug-likeness (QED) is 0.851. The minimum Gasteiger partial charge on any atom is -0.316 e. The summed E-state index contributed by atoms with van der Waals surface area (Å²) < 4.78 is 0. The molecule has 2 aliphatic carbocycles. The largest absolute Gasteiger partial charge is 0.316 e. The zero-order valence-corrected chi connectivity index (χ0v) is 11.4. The smallest absolute Gasteiger partial charge is 0.175 e. The Balaban J connectivity index is 1.77. The molecule has 100 valence electrons. The van der Waals surface area contributed by atoms with Crippen molar-refractivity contribution in [3.63, 3.8) is 0 Å². The van der Waals surface area contributed by atoms with Gasteiger partial charge in [0.05, 0.1) is 7.05 Å². The summed E-state index contributed by atoms with van der Waals surface area (Å²) in [6.07, 6.45) is 6.60. The molecular weight excluding hydrogens is 226 g/mol. The van der Waals surface area contributed by atoms with Crippen LogP contribution in [0.25, 0.3) is 0 Å². The van der Waals surface area contributed by atoms with E-state index in [2.05, 4.69) is 27.7 Å². The highest BCUT2D eigenvalue weighted by Crippen LogP contribution is 2.56. The van der Waals surface area contributed by atoms with Gasteiger partial charge in [0, 0.05) is 13.0 Å². The minimum absolute atomic E-state index is 0.391. The van der Waals surface area contributed by atoms with Gasteiger partial charge in [0.1, 0.15) is 0 Å². The van der Waals surface area contributed by atoms with Crippen LogP contribution in [-0.4, -0.2) is 33.3 Å². The molecule has 1 N–H and O–H groups in total. The van der Waals surface area contributed by atoms with Crippen LogP contribution in [0.1, 0.15) is 38.4 Å². The third-order valence-electron chi connectivity index (χ3n) is 4.89. The lowest BCUT2D eigenvalue weighted by molar-refractivity contribution is 0.154. The molecule has 5 nitrogen and oxygen atoms in total. The van der Waals surface area contributed by atoms with E-state index in [-0.39, 0.29) is 0 Å². The van der Waals surface area contributed by atoms with Gasteiger partial charge in [-0.1, -0.05) is 13.3 Å². The number of hydrogen-bond acceptors (Lipinski definition) is 4. The van der Waals surface area contributed by atoms with Gasteiger partial charge in [-0.25, -0.2) is 0 Å². The normalized spacial score (nSPS) is 34.3. The van der Waals surface area contributed by atoms with Crippen LogP contribution in [0.2, 0.25) is 0 Å². The molecule has 1 aromatic heterocycles. The maximum Gasteiger partial charge on any atom is 0.175 e. The lowest BCUT2D eigenvalue weighted by Gasteiger charge is -2.37. The molecule has 2 aliphatic rings. The van der Waals surface area contributed by atoms with Crippen molar-refractivity contribution in [3.05, 3.63) is 5.82 Å². The van der Waals surface area contributed by atoms with Crippen molar-refractivity contribution in [1.29, 1.82) is 0 Å². The van der Waals surface area contributed by atoms with E-state index in [1.807, 2.05) is 7.05 Å². The molecule has 1 heterocycles. The summed E-state index contributed by atoms with van der Waals surface area (Å²) in [4.78, 5) is 1.57. The summed E-state index contributed by atoms with van der Waals surface area (Å²) in [5.41, 5.74) is 0.391. The number of rotatable bonds is 5. The highest BCUT2D eigenvalue weighted by molar-refractivity contribution is 5.05. The average Bonchev–Trinajstić information content (AvgIpc) is 3.03. The first-order chi connectivity index (χ1) is 8.72. The van der Waals surface area contributed by atoms with Crippen molar-refractivity contribution in [1.82, 2.24) is 25.5 Å². The number of aryl methyl sites for hydroxylation is 1.